The zero-order valence-corrected chi connectivity index (χ0v) is 21.8. The number of para-hydroxylation sites is 1. The van der Waals surface area contributed by atoms with Gasteiger partial charge in [0.05, 0.1) is 0 Å². The summed E-state index contributed by atoms with van der Waals surface area (Å²) in [5.41, 5.74) is 3.73. The van der Waals surface area contributed by atoms with Crippen LogP contribution in [0, 0.1) is 5.92 Å². The number of nitrogens with one attached hydrogen (secondary N) is 2. The van der Waals surface area contributed by atoms with Crippen LogP contribution in [0.1, 0.15) is 49.7 Å². The predicted molar refractivity (Wildman–Crippen MR) is 147 cm³/mol. The Kier molecular flexibility index (Phi) is 7.87. The van der Waals surface area contributed by atoms with Crippen molar-refractivity contribution in [2.45, 2.75) is 44.6 Å². The maximum Gasteiger partial charge on any atom is 0.246 e. The normalized spacial score (nSPS) is 19.2. The summed E-state index contributed by atoms with van der Waals surface area (Å²) in [6, 6.07) is 10.9. The number of rotatable bonds is 7. The van der Waals surface area contributed by atoms with Gasteiger partial charge >= 0.3 is 0 Å². The second-order valence-electron chi connectivity index (χ2n) is 10.2. The molecule has 0 saturated carbocycles. The molecular formula is C29H36N4O2S. The number of likely N-dealkylation sites (tertiary alicyclic amines) is 2. The van der Waals surface area contributed by atoms with E-state index in [-0.39, 0.29) is 11.8 Å². The number of hydrogen-bond acceptors (Lipinski definition) is 4. The van der Waals surface area contributed by atoms with E-state index in [0.29, 0.717) is 24.4 Å². The Morgan fingerprint density at radius 2 is 1.89 bits per heavy atom. The van der Waals surface area contributed by atoms with Crippen LogP contribution in [0.4, 0.5) is 0 Å². The number of fused-ring (bicyclic) bond motifs is 1. The Bertz CT molecular complexity index is 1190. The van der Waals surface area contributed by atoms with Crippen LogP contribution in [0.2, 0.25) is 0 Å². The Hall–Kier alpha value is -2.90. The van der Waals surface area contributed by atoms with Gasteiger partial charge in [-0.25, -0.2) is 0 Å². The summed E-state index contributed by atoms with van der Waals surface area (Å²) in [7, 11) is 0. The molecule has 2 fully saturated rings. The molecule has 7 heteroatoms. The molecule has 2 aliphatic heterocycles. The molecule has 1 aromatic carbocycles. The van der Waals surface area contributed by atoms with Gasteiger partial charge in [-0.05, 0) is 90.7 Å². The number of aromatic amines is 1. The van der Waals surface area contributed by atoms with Crippen molar-refractivity contribution in [1.29, 1.82) is 0 Å². The first-order valence-corrected chi connectivity index (χ1v) is 14.1. The Morgan fingerprint density at radius 1 is 1.11 bits per heavy atom. The average molecular weight is 505 g/mol. The number of nitrogens with zero attached hydrogens (tertiary/aromatic N) is 2. The van der Waals surface area contributed by atoms with E-state index in [9.17, 15) is 9.59 Å². The molecule has 2 amide bonds. The second-order valence-corrected chi connectivity index (χ2v) is 10.9. The van der Waals surface area contributed by atoms with Crippen LogP contribution in [0.25, 0.3) is 17.0 Å². The van der Waals surface area contributed by atoms with E-state index in [1.54, 1.807) is 24.3 Å². The first kappa shape index (κ1) is 24.8. The number of benzene rings is 1. The Labute approximate surface area is 217 Å². The molecule has 36 heavy (non-hydrogen) atoms. The maximum absolute atomic E-state index is 12.7. The number of carbonyl (C=O) groups is 2. The number of carbonyl (C=O) groups excluding carboxylic acids is 2. The molecule has 2 saturated heterocycles. The van der Waals surface area contributed by atoms with E-state index in [2.05, 4.69) is 45.7 Å². The number of thiophene rings is 1. The van der Waals surface area contributed by atoms with Crippen molar-refractivity contribution >= 4 is 40.1 Å². The summed E-state index contributed by atoms with van der Waals surface area (Å²) < 4.78 is 0. The minimum atomic E-state index is 0.0276. The van der Waals surface area contributed by atoms with Crippen molar-refractivity contribution in [3.05, 3.63) is 64.5 Å². The minimum absolute atomic E-state index is 0.0276. The molecule has 1 atom stereocenters. The molecule has 190 valence electrons. The fourth-order valence-corrected chi connectivity index (χ4v) is 6.59. The van der Waals surface area contributed by atoms with Crippen molar-refractivity contribution in [2.24, 2.45) is 5.92 Å². The third kappa shape index (κ3) is 5.73. The van der Waals surface area contributed by atoms with Crippen LogP contribution in [0.15, 0.2) is 53.4 Å². The number of hydrogen-bond donors (Lipinski definition) is 2. The summed E-state index contributed by atoms with van der Waals surface area (Å²) in [5, 5.41) is 8.51. The lowest BCUT2D eigenvalue weighted by atomic mass is 9.84. The zero-order valence-electron chi connectivity index (χ0n) is 21.0. The fraction of sp³-hybridized carbons (Fsp3) is 0.448. The first-order valence-electron chi connectivity index (χ1n) is 13.1. The summed E-state index contributed by atoms with van der Waals surface area (Å²) in [6.45, 7) is 5.92. The van der Waals surface area contributed by atoms with Crippen LogP contribution in [-0.2, 0) is 9.59 Å². The first-order chi connectivity index (χ1) is 17.6. The van der Waals surface area contributed by atoms with Crippen molar-refractivity contribution in [1.82, 2.24) is 20.1 Å². The van der Waals surface area contributed by atoms with Gasteiger partial charge < -0.3 is 15.2 Å². The molecule has 0 spiro atoms. The van der Waals surface area contributed by atoms with Crippen molar-refractivity contribution in [2.75, 3.05) is 32.7 Å². The van der Waals surface area contributed by atoms with Crippen LogP contribution in [0.3, 0.4) is 0 Å². The van der Waals surface area contributed by atoms with Gasteiger partial charge in [-0.15, -0.1) is 0 Å². The molecular weight excluding hydrogens is 468 g/mol. The van der Waals surface area contributed by atoms with Crippen molar-refractivity contribution < 1.29 is 9.59 Å². The number of H-pyrrole nitrogens is 1. The van der Waals surface area contributed by atoms with Gasteiger partial charge in [0.25, 0.3) is 0 Å². The molecule has 5 rings (SSSR count). The van der Waals surface area contributed by atoms with Gasteiger partial charge in [0.2, 0.25) is 11.8 Å². The monoisotopic (exact) mass is 504 g/mol. The molecule has 4 heterocycles. The van der Waals surface area contributed by atoms with E-state index in [4.69, 9.17) is 0 Å². The van der Waals surface area contributed by atoms with Crippen LogP contribution >= 0.6 is 11.3 Å². The SMILES string of the molecule is CC(=O)NCC(C1CCN(C(=O)C=Cc2ccsc2)CC1)N1CCC(c2c[nH]c3ccccc23)CC1. The van der Waals surface area contributed by atoms with E-state index in [1.165, 1.54) is 16.5 Å². The van der Waals surface area contributed by atoms with Gasteiger partial charge in [0.1, 0.15) is 0 Å². The van der Waals surface area contributed by atoms with Gasteiger partial charge in [0, 0.05) is 55.8 Å². The van der Waals surface area contributed by atoms with Crippen molar-refractivity contribution in [3.63, 3.8) is 0 Å². The van der Waals surface area contributed by atoms with Gasteiger partial charge in [0.15, 0.2) is 0 Å². The number of piperidine rings is 2. The Morgan fingerprint density at radius 3 is 2.61 bits per heavy atom. The van der Waals surface area contributed by atoms with E-state index < -0.39 is 0 Å². The molecule has 0 radical (unpaired) electrons. The molecule has 0 bridgehead atoms. The highest BCUT2D eigenvalue weighted by molar-refractivity contribution is 7.08. The third-order valence-electron chi connectivity index (χ3n) is 7.98. The van der Waals surface area contributed by atoms with E-state index in [1.807, 2.05) is 27.8 Å². The molecule has 2 N–H and O–H groups in total. The average Bonchev–Trinajstić information content (AvgIpc) is 3.58. The lowest BCUT2D eigenvalue weighted by Gasteiger charge is -2.44. The highest BCUT2D eigenvalue weighted by atomic mass is 32.1. The molecule has 0 aliphatic carbocycles. The van der Waals surface area contributed by atoms with Crippen LogP contribution < -0.4 is 5.32 Å². The number of aromatic nitrogens is 1. The summed E-state index contributed by atoms with van der Waals surface area (Å²) in [5.74, 6) is 1.16. The van der Waals surface area contributed by atoms with Crippen LogP contribution in [0.5, 0.6) is 0 Å². The minimum Gasteiger partial charge on any atom is -0.361 e. The molecule has 6 nitrogen and oxygen atoms in total. The third-order valence-corrected chi connectivity index (χ3v) is 8.68. The smallest absolute Gasteiger partial charge is 0.246 e. The predicted octanol–water partition coefficient (Wildman–Crippen LogP) is 4.87. The standard InChI is InChI=1S/C29H36N4O2S/c1-21(34)30-19-28(24-10-15-33(16-11-24)29(35)7-6-22-12-17-36-20-22)32-13-8-23(9-14-32)26-18-31-27-5-3-2-4-25(26)27/h2-7,12,17-18,20,23-24,28,31H,8-11,13-16,19H2,1H3,(H,30,34). The zero-order chi connectivity index (χ0) is 24.9. The summed E-state index contributed by atoms with van der Waals surface area (Å²) in [4.78, 5) is 32.5. The topological polar surface area (TPSA) is 68.4 Å². The van der Waals surface area contributed by atoms with Gasteiger partial charge in [-0.3, -0.25) is 14.5 Å². The highest BCUT2D eigenvalue weighted by Gasteiger charge is 2.34. The Balaban J connectivity index is 1.19. The molecule has 3 aromatic rings. The summed E-state index contributed by atoms with van der Waals surface area (Å²) >= 11 is 1.64. The second kappa shape index (κ2) is 11.4. The van der Waals surface area contributed by atoms with E-state index in [0.717, 1.165) is 57.4 Å². The molecule has 2 aromatic heterocycles. The fourth-order valence-electron chi connectivity index (χ4n) is 5.96. The van der Waals surface area contributed by atoms with Gasteiger partial charge in [-0.1, -0.05) is 18.2 Å². The lowest BCUT2D eigenvalue weighted by Crippen LogP contribution is -2.53. The maximum atomic E-state index is 12.7. The summed E-state index contributed by atoms with van der Waals surface area (Å²) in [6.07, 6.45) is 10.0. The van der Waals surface area contributed by atoms with Crippen molar-refractivity contribution in [3.8, 4) is 0 Å². The quantitative estimate of drug-likeness (QED) is 0.451. The largest absolute Gasteiger partial charge is 0.361 e. The lowest BCUT2D eigenvalue weighted by molar-refractivity contribution is -0.127. The highest BCUT2D eigenvalue weighted by Crippen LogP contribution is 2.35. The molecule has 1 unspecified atom stereocenters. The van der Waals surface area contributed by atoms with Gasteiger partial charge in [-0.2, -0.15) is 11.3 Å². The van der Waals surface area contributed by atoms with E-state index >= 15 is 0 Å². The van der Waals surface area contributed by atoms with Crippen LogP contribution in [-0.4, -0.2) is 65.4 Å². The molecule has 2 aliphatic rings. The number of amides is 2.